The number of anilines is 1. The van der Waals surface area contributed by atoms with Crippen LogP contribution in [0.1, 0.15) is 5.56 Å². The highest BCUT2D eigenvalue weighted by molar-refractivity contribution is 6.31. The fraction of sp³-hybridized carbons (Fsp3) is 0.278. The number of piperazine rings is 1. The van der Waals surface area contributed by atoms with Crippen molar-refractivity contribution < 1.29 is 4.79 Å². The van der Waals surface area contributed by atoms with Crippen molar-refractivity contribution in [2.75, 3.05) is 31.5 Å². The summed E-state index contributed by atoms with van der Waals surface area (Å²) >= 11 is 12.0. The Balaban J connectivity index is 1.50. The molecule has 126 valence electrons. The average Bonchev–Trinajstić information content (AvgIpc) is 2.55. The SMILES string of the molecule is O=C(Nc1cccc(Cl)c1)N1CCN(Cc2cccc(Cl)c2)CC1. The van der Waals surface area contributed by atoms with Gasteiger partial charge in [0.15, 0.2) is 0 Å². The van der Waals surface area contributed by atoms with Gasteiger partial charge < -0.3 is 10.2 Å². The van der Waals surface area contributed by atoms with Crippen molar-refractivity contribution in [2.24, 2.45) is 0 Å². The van der Waals surface area contributed by atoms with Crippen LogP contribution in [0.15, 0.2) is 48.5 Å². The molecule has 0 unspecified atom stereocenters. The van der Waals surface area contributed by atoms with E-state index in [2.05, 4.69) is 16.3 Å². The van der Waals surface area contributed by atoms with E-state index in [4.69, 9.17) is 23.2 Å². The highest BCUT2D eigenvalue weighted by Crippen LogP contribution is 2.17. The molecule has 0 aromatic heterocycles. The standard InChI is InChI=1S/C18H19Cl2N3O/c19-15-4-1-3-14(11-15)13-22-7-9-23(10-8-22)18(24)21-17-6-2-5-16(20)12-17/h1-6,11-12H,7-10,13H2,(H,21,24). The first-order valence-electron chi connectivity index (χ1n) is 7.88. The predicted octanol–water partition coefficient (Wildman–Crippen LogP) is 4.34. The van der Waals surface area contributed by atoms with Crippen molar-refractivity contribution in [3.63, 3.8) is 0 Å². The summed E-state index contributed by atoms with van der Waals surface area (Å²) in [5.41, 5.74) is 1.91. The molecule has 0 bridgehead atoms. The lowest BCUT2D eigenvalue weighted by molar-refractivity contribution is 0.143. The molecule has 0 spiro atoms. The van der Waals surface area contributed by atoms with Gasteiger partial charge in [-0.2, -0.15) is 0 Å². The van der Waals surface area contributed by atoms with Crippen LogP contribution in [-0.4, -0.2) is 42.0 Å². The van der Waals surface area contributed by atoms with Crippen LogP contribution < -0.4 is 5.32 Å². The van der Waals surface area contributed by atoms with Gasteiger partial charge in [-0.15, -0.1) is 0 Å². The molecule has 0 aliphatic carbocycles. The monoisotopic (exact) mass is 363 g/mol. The van der Waals surface area contributed by atoms with Gasteiger partial charge in [0.25, 0.3) is 0 Å². The van der Waals surface area contributed by atoms with E-state index in [0.29, 0.717) is 23.8 Å². The van der Waals surface area contributed by atoms with E-state index >= 15 is 0 Å². The molecule has 1 aliphatic rings. The summed E-state index contributed by atoms with van der Waals surface area (Å²) in [6.07, 6.45) is 0. The fourth-order valence-corrected chi connectivity index (χ4v) is 3.17. The average molecular weight is 364 g/mol. The van der Waals surface area contributed by atoms with Crippen LogP contribution >= 0.6 is 23.2 Å². The maximum atomic E-state index is 12.3. The molecule has 1 saturated heterocycles. The number of halogens is 2. The molecule has 1 fully saturated rings. The molecule has 3 rings (SSSR count). The highest BCUT2D eigenvalue weighted by atomic mass is 35.5. The third-order valence-corrected chi connectivity index (χ3v) is 4.50. The lowest BCUT2D eigenvalue weighted by Gasteiger charge is -2.34. The van der Waals surface area contributed by atoms with Crippen molar-refractivity contribution in [2.45, 2.75) is 6.54 Å². The number of nitrogens with zero attached hydrogens (tertiary/aromatic N) is 2. The summed E-state index contributed by atoms with van der Waals surface area (Å²) in [6.45, 7) is 3.94. The number of urea groups is 1. The van der Waals surface area contributed by atoms with Crippen molar-refractivity contribution in [1.82, 2.24) is 9.80 Å². The number of hydrogen-bond acceptors (Lipinski definition) is 2. The summed E-state index contributed by atoms with van der Waals surface area (Å²) in [4.78, 5) is 16.5. The van der Waals surface area contributed by atoms with E-state index in [1.807, 2.05) is 35.2 Å². The zero-order valence-electron chi connectivity index (χ0n) is 13.2. The first-order chi connectivity index (χ1) is 11.6. The third-order valence-electron chi connectivity index (χ3n) is 4.03. The Morgan fingerprint density at radius 1 is 0.958 bits per heavy atom. The van der Waals surface area contributed by atoms with Crippen LogP contribution in [0.3, 0.4) is 0 Å². The Labute approximate surface area is 152 Å². The van der Waals surface area contributed by atoms with E-state index in [0.717, 1.165) is 24.7 Å². The number of hydrogen-bond donors (Lipinski definition) is 1. The molecule has 2 aromatic rings. The van der Waals surface area contributed by atoms with Crippen LogP contribution in [0.2, 0.25) is 10.0 Å². The lowest BCUT2D eigenvalue weighted by atomic mass is 10.2. The normalized spacial score (nSPS) is 15.3. The first-order valence-corrected chi connectivity index (χ1v) is 8.64. The number of amides is 2. The molecule has 1 N–H and O–H groups in total. The molecule has 2 aromatic carbocycles. The van der Waals surface area contributed by atoms with Crippen LogP contribution in [0.25, 0.3) is 0 Å². The molecule has 2 amide bonds. The van der Waals surface area contributed by atoms with Gasteiger partial charge >= 0.3 is 6.03 Å². The maximum Gasteiger partial charge on any atom is 0.321 e. The van der Waals surface area contributed by atoms with Gasteiger partial charge in [-0.05, 0) is 35.9 Å². The number of carbonyl (C=O) groups excluding carboxylic acids is 1. The highest BCUT2D eigenvalue weighted by Gasteiger charge is 2.21. The summed E-state index contributed by atoms with van der Waals surface area (Å²) in [5.74, 6) is 0. The molecule has 0 saturated carbocycles. The Kier molecular flexibility index (Phi) is 5.61. The molecule has 24 heavy (non-hydrogen) atoms. The minimum absolute atomic E-state index is 0.0836. The summed E-state index contributed by atoms with van der Waals surface area (Å²) in [7, 11) is 0. The summed E-state index contributed by atoms with van der Waals surface area (Å²) < 4.78 is 0. The zero-order chi connectivity index (χ0) is 16.9. The largest absolute Gasteiger partial charge is 0.322 e. The second-order valence-corrected chi connectivity index (χ2v) is 6.71. The Morgan fingerprint density at radius 3 is 2.29 bits per heavy atom. The van der Waals surface area contributed by atoms with Gasteiger partial charge in [0, 0.05) is 48.5 Å². The van der Waals surface area contributed by atoms with Crippen molar-refractivity contribution >= 4 is 34.9 Å². The number of carbonyl (C=O) groups is 1. The maximum absolute atomic E-state index is 12.3. The van der Waals surface area contributed by atoms with E-state index in [1.54, 1.807) is 12.1 Å². The van der Waals surface area contributed by atoms with Crippen molar-refractivity contribution in [3.05, 3.63) is 64.1 Å². The predicted molar refractivity (Wildman–Crippen MR) is 98.8 cm³/mol. The van der Waals surface area contributed by atoms with Crippen molar-refractivity contribution in [1.29, 1.82) is 0 Å². The quantitative estimate of drug-likeness (QED) is 0.879. The molecule has 1 aliphatic heterocycles. The van der Waals surface area contributed by atoms with Crippen LogP contribution in [0.4, 0.5) is 10.5 Å². The fourth-order valence-electron chi connectivity index (χ4n) is 2.77. The molecule has 4 nitrogen and oxygen atoms in total. The molecule has 6 heteroatoms. The minimum atomic E-state index is -0.0836. The second kappa shape index (κ2) is 7.88. The summed E-state index contributed by atoms with van der Waals surface area (Å²) in [5, 5.41) is 4.26. The molecular formula is C18H19Cl2N3O. The Morgan fingerprint density at radius 2 is 1.62 bits per heavy atom. The first kappa shape index (κ1) is 17.1. The smallest absolute Gasteiger partial charge is 0.321 e. The van der Waals surface area contributed by atoms with E-state index in [-0.39, 0.29) is 6.03 Å². The third kappa shape index (κ3) is 4.63. The Hall–Kier alpha value is -1.75. The van der Waals surface area contributed by atoms with Gasteiger partial charge in [0.1, 0.15) is 0 Å². The second-order valence-electron chi connectivity index (χ2n) is 5.83. The summed E-state index contributed by atoms with van der Waals surface area (Å²) in [6, 6.07) is 15.0. The number of rotatable bonds is 3. The van der Waals surface area contributed by atoms with E-state index in [9.17, 15) is 4.79 Å². The molecular weight excluding hydrogens is 345 g/mol. The van der Waals surface area contributed by atoms with Gasteiger partial charge in [-0.3, -0.25) is 4.90 Å². The van der Waals surface area contributed by atoms with Crippen LogP contribution in [-0.2, 0) is 6.54 Å². The Bertz CT molecular complexity index is 715. The van der Waals surface area contributed by atoms with Gasteiger partial charge in [0.05, 0.1) is 0 Å². The van der Waals surface area contributed by atoms with Crippen molar-refractivity contribution in [3.8, 4) is 0 Å². The van der Waals surface area contributed by atoms with Gasteiger partial charge in [-0.1, -0.05) is 41.4 Å². The zero-order valence-corrected chi connectivity index (χ0v) is 14.7. The molecule has 0 radical (unpaired) electrons. The molecule has 0 atom stereocenters. The molecule has 1 heterocycles. The topological polar surface area (TPSA) is 35.6 Å². The van der Waals surface area contributed by atoms with Crippen LogP contribution in [0.5, 0.6) is 0 Å². The lowest BCUT2D eigenvalue weighted by Crippen LogP contribution is -2.49. The van der Waals surface area contributed by atoms with E-state index < -0.39 is 0 Å². The minimum Gasteiger partial charge on any atom is -0.322 e. The van der Waals surface area contributed by atoms with Gasteiger partial charge in [0.2, 0.25) is 0 Å². The number of nitrogens with one attached hydrogen (secondary N) is 1. The van der Waals surface area contributed by atoms with Gasteiger partial charge in [-0.25, -0.2) is 4.79 Å². The van der Waals surface area contributed by atoms with E-state index in [1.165, 1.54) is 5.56 Å². The number of benzene rings is 2. The van der Waals surface area contributed by atoms with Crippen LogP contribution in [0, 0.1) is 0 Å².